The molecule has 100 valence electrons. The van der Waals surface area contributed by atoms with Crippen molar-refractivity contribution in [3.63, 3.8) is 0 Å². The second-order valence-corrected chi connectivity index (χ2v) is 3.78. The van der Waals surface area contributed by atoms with Crippen LogP contribution in [-0.2, 0) is 0 Å². The fraction of sp³-hybridized carbons (Fsp3) is 0.462. The molecule has 0 heterocycles. The number of hydrazone groups is 1. The third-order valence-corrected chi connectivity index (χ3v) is 2.21. The van der Waals surface area contributed by atoms with Gasteiger partial charge in [-0.3, -0.25) is 0 Å². The summed E-state index contributed by atoms with van der Waals surface area (Å²) < 4.78 is 16.1. The van der Waals surface area contributed by atoms with E-state index in [1.165, 1.54) is 0 Å². The topological polar surface area (TPSA) is 43.3 Å². The van der Waals surface area contributed by atoms with E-state index in [4.69, 9.17) is 14.2 Å². The Morgan fingerprint density at radius 1 is 1.17 bits per heavy atom. The SMILES string of the molecule is CCOc1c(OC)cc(/C=N/N(C)C)cc1OC. The first-order valence-corrected chi connectivity index (χ1v) is 5.72. The Kier molecular flexibility index (Phi) is 5.30. The molecule has 0 saturated heterocycles. The van der Waals surface area contributed by atoms with Gasteiger partial charge in [0.15, 0.2) is 11.5 Å². The summed E-state index contributed by atoms with van der Waals surface area (Å²) in [7, 11) is 6.92. The van der Waals surface area contributed by atoms with Gasteiger partial charge in [0.1, 0.15) is 0 Å². The van der Waals surface area contributed by atoms with E-state index in [1.807, 2.05) is 33.2 Å². The molecule has 5 nitrogen and oxygen atoms in total. The number of nitrogens with zero attached hydrogens (tertiary/aromatic N) is 2. The van der Waals surface area contributed by atoms with Gasteiger partial charge < -0.3 is 19.2 Å². The highest BCUT2D eigenvalue weighted by molar-refractivity contribution is 5.82. The number of methoxy groups -OCH3 is 2. The predicted octanol–water partition coefficient (Wildman–Crippen LogP) is 2.00. The van der Waals surface area contributed by atoms with Crippen LogP contribution in [0.2, 0.25) is 0 Å². The minimum atomic E-state index is 0.553. The molecule has 1 aromatic rings. The number of rotatable bonds is 6. The van der Waals surface area contributed by atoms with E-state index in [0.717, 1.165) is 5.56 Å². The first kappa shape index (κ1) is 14.2. The molecule has 18 heavy (non-hydrogen) atoms. The maximum absolute atomic E-state index is 5.53. The van der Waals surface area contributed by atoms with Gasteiger partial charge >= 0.3 is 0 Å². The van der Waals surface area contributed by atoms with E-state index in [0.29, 0.717) is 23.9 Å². The van der Waals surface area contributed by atoms with Crippen LogP contribution < -0.4 is 14.2 Å². The largest absolute Gasteiger partial charge is 0.493 e. The molecule has 0 saturated carbocycles. The molecule has 0 amide bonds. The molecule has 0 aromatic heterocycles. The lowest BCUT2D eigenvalue weighted by atomic mass is 10.2. The average molecular weight is 252 g/mol. The van der Waals surface area contributed by atoms with Crippen LogP contribution in [0.4, 0.5) is 0 Å². The highest BCUT2D eigenvalue weighted by Gasteiger charge is 2.12. The van der Waals surface area contributed by atoms with Crippen molar-refractivity contribution in [2.75, 3.05) is 34.9 Å². The first-order valence-electron chi connectivity index (χ1n) is 5.72. The van der Waals surface area contributed by atoms with E-state index in [-0.39, 0.29) is 0 Å². The minimum Gasteiger partial charge on any atom is -0.493 e. The van der Waals surface area contributed by atoms with Gasteiger partial charge in [0.2, 0.25) is 5.75 Å². The molecule has 0 aliphatic carbocycles. The molecule has 1 aromatic carbocycles. The van der Waals surface area contributed by atoms with Crippen LogP contribution >= 0.6 is 0 Å². The highest BCUT2D eigenvalue weighted by Crippen LogP contribution is 2.38. The molecular formula is C13H20N2O3. The molecule has 0 bridgehead atoms. The maximum atomic E-state index is 5.53. The van der Waals surface area contributed by atoms with Crippen molar-refractivity contribution in [1.82, 2.24) is 5.01 Å². The molecule has 0 aliphatic heterocycles. The van der Waals surface area contributed by atoms with Crippen molar-refractivity contribution >= 4 is 6.21 Å². The molecule has 0 fully saturated rings. The van der Waals surface area contributed by atoms with Gasteiger partial charge in [0.05, 0.1) is 27.0 Å². The summed E-state index contributed by atoms with van der Waals surface area (Å²) in [5.74, 6) is 1.89. The van der Waals surface area contributed by atoms with Gasteiger partial charge in [-0.2, -0.15) is 5.10 Å². The van der Waals surface area contributed by atoms with Crippen molar-refractivity contribution in [2.24, 2.45) is 5.10 Å². The molecule has 1 rings (SSSR count). The lowest BCUT2D eigenvalue weighted by Crippen LogP contribution is -2.03. The number of benzene rings is 1. The van der Waals surface area contributed by atoms with Crippen LogP contribution in [0.1, 0.15) is 12.5 Å². The first-order chi connectivity index (χ1) is 8.62. The summed E-state index contributed by atoms with van der Waals surface area (Å²) in [6.07, 6.45) is 1.74. The van der Waals surface area contributed by atoms with Gasteiger partial charge in [-0.15, -0.1) is 0 Å². The number of hydrogen-bond acceptors (Lipinski definition) is 5. The monoisotopic (exact) mass is 252 g/mol. The normalized spacial score (nSPS) is 10.5. The Bertz CT molecular complexity index is 392. The molecule has 0 unspecified atom stereocenters. The fourth-order valence-corrected chi connectivity index (χ4v) is 1.44. The van der Waals surface area contributed by atoms with Crippen LogP contribution in [0.15, 0.2) is 17.2 Å². The quantitative estimate of drug-likeness (QED) is 0.573. The van der Waals surface area contributed by atoms with Crippen LogP contribution in [0.5, 0.6) is 17.2 Å². The molecule has 0 aliphatic rings. The fourth-order valence-electron chi connectivity index (χ4n) is 1.44. The summed E-state index contributed by atoms with van der Waals surface area (Å²) in [5.41, 5.74) is 0.890. The predicted molar refractivity (Wildman–Crippen MR) is 72.0 cm³/mol. The number of ether oxygens (including phenoxy) is 3. The molecule has 0 spiro atoms. The van der Waals surface area contributed by atoms with Gasteiger partial charge in [0, 0.05) is 19.7 Å². The smallest absolute Gasteiger partial charge is 0.203 e. The van der Waals surface area contributed by atoms with E-state index >= 15 is 0 Å². The zero-order valence-corrected chi connectivity index (χ0v) is 11.6. The van der Waals surface area contributed by atoms with Crippen molar-refractivity contribution in [3.8, 4) is 17.2 Å². The van der Waals surface area contributed by atoms with E-state index in [2.05, 4.69) is 5.10 Å². The average Bonchev–Trinajstić information content (AvgIpc) is 2.37. The van der Waals surface area contributed by atoms with Crippen molar-refractivity contribution in [3.05, 3.63) is 17.7 Å². The van der Waals surface area contributed by atoms with Crippen molar-refractivity contribution in [1.29, 1.82) is 0 Å². The third-order valence-electron chi connectivity index (χ3n) is 2.21. The summed E-state index contributed by atoms with van der Waals surface area (Å²) in [4.78, 5) is 0. The van der Waals surface area contributed by atoms with E-state index < -0.39 is 0 Å². The Morgan fingerprint density at radius 2 is 1.72 bits per heavy atom. The molecule has 0 atom stereocenters. The van der Waals surface area contributed by atoms with E-state index in [9.17, 15) is 0 Å². The van der Waals surface area contributed by atoms with Crippen LogP contribution in [0.3, 0.4) is 0 Å². The second-order valence-electron chi connectivity index (χ2n) is 3.78. The molecule has 0 N–H and O–H groups in total. The lowest BCUT2D eigenvalue weighted by molar-refractivity contribution is 0.288. The van der Waals surface area contributed by atoms with Gasteiger partial charge in [-0.25, -0.2) is 0 Å². The zero-order valence-electron chi connectivity index (χ0n) is 11.6. The van der Waals surface area contributed by atoms with Crippen LogP contribution in [0.25, 0.3) is 0 Å². The molecular weight excluding hydrogens is 232 g/mol. The maximum Gasteiger partial charge on any atom is 0.203 e. The Hall–Kier alpha value is -1.91. The number of hydrogen-bond donors (Lipinski definition) is 0. The van der Waals surface area contributed by atoms with Gasteiger partial charge in [0.25, 0.3) is 0 Å². The lowest BCUT2D eigenvalue weighted by Gasteiger charge is -2.14. The Labute approximate surface area is 108 Å². The third kappa shape index (κ3) is 3.55. The zero-order chi connectivity index (χ0) is 13.5. The summed E-state index contributed by atoms with van der Waals surface area (Å²) in [5, 5.41) is 5.90. The minimum absolute atomic E-state index is 0.553. The van der Waals surface area contributed by atoms with Crippen LogP contribution in [-0.4, -0.2) is 46.1 Å². The summed E-state index contributed by atoms with van der Waals surface area (Å²) >= 11 is 0. The van der Waals surface area contributed by atoms with E-state index in [1.54, 1.807) is 25.4 Å². The summed E-state index contributed by atoms with van der Waals surface area (Å²) in [6, 6.07) is 3.72. The van der Waals surface area contributed by atoms with Gasteiger partial charge in [-0.05, 0) is 19.1 Å². The second kappa shape index (κ2) is 6.74. The van der Waals surface area contributed by atoms with Gasteiger partial charge in [-0.1, -0.05) is 0 Å². The van der Waals surface area contributed by atoms with Crippen LogP contribution in [0, 0.1) is 0 Å². The molecule has 5 heteroatoms. The van der Waals surface area contributed by atoms with Crippen molar-refractivity contribution < 1.29 is 14.2 Å². The standard InChI is InChI=1S/C13H20N2O3/c1-6-18-13-11(16-4)7-10(8-12(13)17-5)9-14-15(2)3/h7-9H,6H2,1-5H3/b14-9+. The van der Waals surface area contributed by atoms with Crippen molar-refractivity contribution in [2.45, 2.75) is 6.92 Å². The Morgan fingerprint density at radius 3 is 2.11 bits per heavy atom. The molecule has 0 radical (unpaired) electrons. The summed E-state index contributed by atoms with van der Waals surface area (Å²) in [6.45, 7) is 2.47. The highest BCUT2D eigenvalue weighted by atomic mass is 16.5. The Balaban J connectivity index is 3.17.